The smallest absolute Gasteiger partial charge is 0.156 e. The first kappa shape index (κ1) is 13.9. The van der Waals surface area contributed by atoms with E-state index in [9.17, 15) is 0 Å². The zero-order chi connectivity index (χ0) is 14.7. The maximum atomic E-state index is 6.11. The Labute approximate surface area is 127 Å². The van der Waals surface area contributed by atoms with E-state index in [4.69, 9.17) is 16.3 Å². The topological polar surface area (TPSA) is 47.9 Å². The lowest BCUT2D eigenvalue weighted by Gasteiger charge is -2.08. The molecule has 0 aliphatic carbocycles. The van der Waals surface area contributed by atoms with Crippen molar-refractivity contribution < 1.29 is 4.74 Å². The molecule has 21 heavy (non-hydrogen) atoms. The summed E-state index contributed by atoms with van der Waals surface area (Å²) in [5, 5.41) is 1.45. The van der Waals surface area contributed by atoms with Gasteiger partial charge in [0.15, 0.2) is 5.82 Å². The zero-order valence-corrected chi connectivity index (χ0v) is 12.3. The number of ether oxygens (including phenoxy) is 1. The minimum absolute atomic E-state index is 0.354. The van der Waals surface area contributed by atoms with Crippen molar-refractivity contribution in [2.75, 3.05) is 6.61 Å². The molecule has 0 bridgehead atoms. The second-order valence-corrected chi connectivity index (χ2v) is 4.89. The Morgan fingerprint density at radius 3 is 2.90 bits per heavy atom. The van der Waals surface area contributed by atoms with Crippen LogP contribution in [0.3, 0.4) is 0 Å². The highest BCUT2D eigenvalue weighted by Gasteiger charge is 2.09. The van der Waals surface area contributed by atoms with Gasteiger partial charge in [0, 0.05) is 29.8 Å². The summed E-state index contributed by atoms with van der Waals surface area (Å²) in [6, 6.07) is 11.6. The molecule has 2 aromatic heterocycles. The molecular formula is C16H14ClN3O. The molecule has 3 aromatic rings. The van der Waals surface area contributed by atoms with Gasteiger partial charge in [0.1, 0.15) is 11.8 Å². The first-order chi connectivity index (χ1) is 10.3. The molecule has 0 fully saturated rings. The second-order valence-electron chi connectivity index (χ2n) is 4.50. The number of fused-ring (bicyclic) bond motifs is 1. The standard InChI is InChI=1S/C16H14ClN3O/c1-2-21-10-16-19-14(9-15(17)20-16)12-5-3-7-13-11(12)6-4-8-18-13/h3-9H,2,10H2,1H3. The summed E-state index contributed by atoms with van der Waals surface area (Å²) in [6.07, 6.45) is 1.78. The first-order valence-corrected chi connectivity index (χ1v) is 7.11. The number of nitrogens with zero attached hydrogens (tertiary/aromatic N) is 3. The van der Waals surface area contributed by atoms with Crippen LogP contribution in [-0.2, 0) is 11.3 Å². The average Bonchev–Trinajstić information content (AvgIpc) is 2.52. The van der Waals surface area contributed by atoms with Crippen molar-refractivity contribution in [1.82, 2.24) is 15.0 Å². The first-order valence-electron chi connectivity index (χ1n) is 6.73. The van der Waals surface area contributed by atoms with E-state index < -0.39 is 0 Å². The van der Waals surface area contributed by atoms with E-state index in [2.05, 4.69) is 15.0 Å². The fourth-order valence-electron chi connectivity index (χ4n) is 2.19. The Kier molecular flexibility index (Phi) is 4.08. The van der Waals surface area contributed by atoms with Crippen molar-refractivity contribution in [2.45, 2.75) is 13.5 Å². The summed E-state index contributed by atoms with van der Waals surface area (Å²) in [6.45, 7) is 2.90. The van der Waals surface area contributed by atoms with Crippen LogP contribution < -0.4 is 0 Å². The molecule has 106 valence electrons. The summed E-state index contributed by atoms with van der Waals surface area (Å²) >= 11 is 6.11. The van der Waals surface area contributed by atoms with E-state index in [1.807, 2.05) is 37.3 Å². The summed E-state index contributed by atoms with van der Waals surface area (Å²) < 4.78 is 5.36. The zero-order valence-electron chi connectivity index (χ0n) is 11.6. The molecule has 0 saturated carbocycles. The van der Waals surface area contributed by atoms with Crippen LogP contribution >= 0.6 is 11.6 Å². The summed E-state index contributed by atoms with van der Waals surface area (Å²) in [5.74, 6) is 0.584. The van der Waals surface area contributed by atoms with Crippen LogP contribution in [0.15, 0.2) is 42.6 Å². The van der Waals surface area contributed by atoms with Gasteiger partial charge in [0.25, 0.3) is 0 Å². The van der Waals surface area contributed by atoms with E-state index in [-0.39, 0.29) is 0 Å². The molecule has 4 nitrogen and oxygen atoms in total. The normalized spacial score (nSPS) is 11.0. The number of hydrogen-bond acceptors (Lipinski definition) is 4. The Balaban J connectivity index is 2.12. The van der Waals surface area contributed by atoms with E-state index in [1.54, 1.807) is 12.3 Å². The van der Waals surface area contributed by atoms with Gasteiger partial charge in [0.05, 0.1) is 11.2 Å². The molecule has 0 amide bonds. The van der Waals surface area contributed by atoms with Gasteiger partial charge >= 0.3 is 0 Å². The Hall–Kier alpha value is -2.04. The molecule has 0 aliphatic heterocycles. The van der Waals surface area contributed by atoms with E-state index in [0.717, 1.165) is 22.2 Å². The number of pyridine rings is 1. The van der Waals surface area contributed by atoms with E-state index >= 15 is 0 Å². The predicted molar refractivity (Wildman–Crippen MR) is 83.1 cm³/mol. The second kappa shape index (κ2) is 6.16. The van der Waals surface area contributed by atoms with Crippen LogP contribution in [0.5, 0.6) is 0 Å². The Morgan fingerprint density at radius 2 is 2.05 bits per heavy atom. The van der Waals surface area contributed by atoms with Crippen molar-refractivity contribution in [3.8, 4) is 11.3 Å². The van der Waals surface area contributed by atoms with Crippen LogP contribution in [0.25, 0.3) is 22.2 Å². The van der Waals surface area contributed by atoms with Crippen molar-refractivity contribution in [2.24, 2.45) is 0 Å². The van der Waals surface area contributed by atoms with Gasteiger partial charge in [-0.1, -0.05) is 29.8 Å². The minimum Gasteiger partial charge on any atom is -0.374 e. The molecular weight excluding hydrogens is 286 g/mol. The molecule has 1 aromatic carbocycles. The van der Waals surface area contributed by atoms with Gasteiger partial charge < -0.3 is 4.74 Å². The molecule has 0 radical (unpaired) electrons. The lowest BCUT2D eigenvalue weighted by atomic mass is 10.1. The van der Waals surface area contributed by atoms with Gasteiger partial charge in [0.2, 0.25) is 0 Å². The molecule has 0 unspecified atom stereocenters. The van der Waals surface area contributed by atoms with Crippen molar-refractivity contribution in [3.63, 3.8) is 0 Å². The third kappa shape index (κ3) is 3.01. The number of benzene rings is 1. The predicted octanol–water partition coefficient (Wildman–Crippen LogP) is 3.88. The van der Waals surface area contributed by atoms with Gasteiger partial charge in [-0.05, 0) is 19.1 Å². The van der Waals surface area contributed by atoms with Gasteiger partial charge in [-0.3, -0.25) is 4.98 Å². The third-order valence-electron chi connectivity index (χ3n) is 3.10. The quantitative estimate of drug-likeness (QED) is 0.686. The summed E-state index contributed by atoms with van der Waals surface area (Å²) in [7, 11) is 0. The van der Waals surface area contributed by atoms with Gasteiger partial charge in [-0.25, -0.2) is 9.97 Å². The van der Waals surface area contributed by atoms with Crippen LogP contribution in [0.2, 0.25) is 5.15 Å². The monoisotopic (exact) mass is 299 g/mol. The van der Waals surface area contributed by atoms with Crippen LogP contribution in [0.4, 0.5) is 0 Å². The Morgan fingerprint density at radius 1 is 1.14 bits per heavy atom. The average molecular weight is 300 g/mol. The highest BCUT2D eigenvalue weighted by atomic mass is 35.5. The molecule has 0 spiro atoms. The van der Waals surface area contributed by atoms with E-state index in [0.29, 0.717) is 24.2 Å². The molecule has 5 heteroatoms. The third-order valence-corrected chi connectivity index (χ3v) is 3.29. The van der Waals surface area contributed by atoms with Crippen molar-refractivity contribution >= 4 is 22.5 Å². The van der Waals surface area contributed by atoms with Crippen LogP contribution in [-0.4, -0.2) is 21.6 Å². The fourth-order valence-corrected chi connectivity index (χ4v) is 2.39. The van der Waals surface area contributed by atoms with Crippen LogP contribution in [0, 0.1) is 0 Å². The fraction of sp³-hybridized carbons (Fsp3) is 0.188. The minimum atomic E-state index is 0.354. The molecule has 0 saturated heterocycles. The van der Waals surface area contributed by atoms with Crippen LogP contribution in [0.1, 0.15) is 12.7 Å². The maximum absolute atomic E-state index is 6.11. The highest BCUT2D eigenvalue weighted by molar-refractivity contribution is 6.29. The molecule has 0 atom stereocenters. The maximum Gasteiger partial charge on any atom is 0.156 e. The highest BCUT2D eigenvalue weighted by Crippen LogP contribution is 2.27. The molecule has 2 heterocycles. The lowest BCUT2D eigenvalue weighted by molar-refractivity contribution is 0.128. The number of rotatable bonds is 4. The number of aromatic nitrogens is 3. The SMILES string of the molecule is CCOCc1nc(Cl)cc(-c2cccc3ncccc23)n1. The summed E-state index contributed by atoms with van der Waals surface area (Å²) in [5.41, 5.74) is 2.70. The Bertz CT molecular complexity index is 771. The summed E-state index contributed by atoms with van der Waals surface area (Å²) in [4.78, 5) is 13.1. The number of halogens is 1. The molecule has 0 N–H and O–H groups in total. The largest absolute Gasteiger partial charge is 0.374 e. The van der Waals surface area contributed by atoms with Gasteiger partial charge in [-0.15, -0.1) is 0 Å². The molecule has 0 aliphatic rings. The van der Waals surface area contributed by atoms with E-state index in [1.165, 1.54) is 0 Å². The lowest BCUT2D eigenvalue weighted by Crippen LogP contribution is -2.01. The number of hydrogen-bond donors (Lipinski definition) is 0. The molecule has 3 rings (SSSR count). The van der Waals surface area contributed by atoms with Crippen molar-refractivity contribution in [3.05, 3.63) is 53.6 Å². The van der Waals surface area contributed by atoms with Crippen molar-refractivity contribution in [1.29, 1.82) is 0 Å². The van der Waals surface area contributed by atoms with Gasteiger partial charge in [-0.2, -0.15) is 0 Å².